The van der Waals surface area contributed by atoms with Crippen LogP contribution in [0.3, 0.4) is 0 Å². The maximum absolute atomic E-state index is 12.4. The molecule has 6 heteroatoms. The highest BCUT2D eigenvalue weighted by Crippen LogP contribution is 2.16. The van der Waals surface area contributed by atoms with Gasteiger partial charge in [-0.3, -0.25) is 9.59 Å². The number of aliphatic hydroxyl groups excluding tert-OH is 2. The summed E-state index contributed by atoms with van der Waals surface area (Å²) in [7, 11) is 0. The summed E-state index contributed by atoms with van der Waals surface area (Å²) in [6, 6.07) is -0.629. The maximum Gasteiger partial charge on any atom is 0.305 e. The van der Waals surface area contributed by atoms with Crippen LogP contribution in [0.1, 0.15) is 271 Å². The first-order valence-electron chi connectivity index (χ1n) is 26.3. The molecule has 352 valence electrons. The van der Waals surface area contributed by atoms with E-state index in [1.807, 2.05) is 6.08 Å². The van der Waals surface area contributed by atoms with Crippen LogP contribution in [0.5, 0.6) is 0 Å². The minimum absolute atomic E-state index is 0.0359. The van der Waals surface area contributed by atoms with E-state index in [0.29, 0.717) is 19.4 Å². The molecule has 2 atom stereocenters. The van der Waals surface area contributed by atoms with Gasteiger partial charge in [-0.05, 0) is 51.4 Å². The Hall–Kier alpha value is -1.92. The number of carbonyl (C=O) groups excluding carboxylic acids is 2. The number of aliphatic hydroxyl groups is 2. The van der Waals surface area contributed by atoms with Crippen molar-refractivity contribution in [2.75, 3.05) is 13.2 Å². The molecule has 0 spiro atoms. The van der Waals surface area contributed by atoms with E-state index < -0.39 is 12.1 Å². The molecule has 0 heterocycles. The first kappa shape index (κ1) is 58.1. The van der Waals surface area contributed by atoms with Crippen LogP contribution in [-0.4, -0.2) is 47.4 Å². The number of amides is 1. The second-order valence-electron chi connectivity index (χ2n) is 17.9. The molecule has 0 saturated carbocycles. The summed E-state index contributed by atoms with van der Waals surface area (Å²) in [6.45, 7) is 4.77. The number of ether oxygens (including phenoxy) is 1. The number of unbranched alkanes of at least 4 members (excludes halogenated alkanes) is 33. The minimum atomic E-state index is -0.846. The van der Waals surface area contributed by atoms with Crippen LogP contribution >= 0.6 is 0 Å². The summed E-state index contributed by atoms with van der Waals surface area (Å²) in [5.41, 5.74) is 0. The van der Waals surface area contributed by atoms with Crippen molar-refractivity contribution in [2.45, 2.75) is 283 Å². The fourth-order valence-corrected chi connectivity index (χ4v) is 7.88. The summed E-state index contributed by atoms with van der Waals surface area (Å²) in [5, 5.41) is 22.9. The van der Waals surface area contributed by atoms with Crippen LogP contribution in [-0.2, 0) is 14.3 Å². The van der Waals surface area contributed by atoms with Crippen molar-refractivity contribution in [3.63, 3.8) is 0 Å². The molecular formula is C54H101NO5. The topological polar surface area (TPSA) is 95.9 Å². The zero-order valence-electron chi connectivity index (χ0n) is 39.9. The smallest absolute Gasteiger partial charge is 0.305 e. The summed E-state index contributed by atoms with van der Waals surface area (Å²) in [4.78, 5) is 24.3. The van der Waals surface area contributed by atoms with E-state index in [-0.39, 0.29) is 18.5 Å². The zero-order valence-corrected chi connectivity index (χ0v) is 39.9. The summed E-state index contributed by atoms with van der Waals surface area (Å²) >= 11 is 0. The third-order valence-electron chi connectivity index (χ3n) is 11.9. The number of allylic oxidation sites excluding steroid dienone is 4. The van der Waals surface area contributed by atoms with Crippen LogP contribution in [0.25, 0.3) is 0 Å². The first-order valence-corrected chi connectivity index (χ1v) is 26.3. The van der Waals surface area contributed by atoms with Crippen molar-refractivity contribution in [3.05, 3.63) is 36.5 Å². The number of rotatable bonds is 48. The highest BCUT2D eigenvalue weighted by atomic mass is 16.5. The Morgan fingerprint density at radius 2 is 0.833 bits per heavy atom. The number of carbonyl (C=O) groups is 2. The maximum atomic E-state index is 12.4. The predicted molar refractivity (Wildman–Crippen MR) is 259 cm³/mol. The predicted octanol–water partition coefficient (Wildman–Crippen LogP) is 15.7. The number of hydrogen-bond donors (Lipinski definition) is 3. The van der Waals surface area contributed by atoms with Gasteiger partial charge in [-0.2, -0.15) is 0 Å². The highest BCUT2D eigenvalue weighted by molar-refractivity contribution is 5.76. The molecule has 0 saturated heterocycles. The van der Waals surface area contributed by atoms with Crippen molar-refractivity contribution in [3.8, 4) is 0 Å². The average Bonchev–Trinajstić information content (AvgIpc) is 3.25. The van der Waals surface area contributed by atoms with E-state index >= 15 is 0 Å². The molecular weight excluding hydrogens is 743 g/mol. The lowest BCUT2D eigenvalue weighted by molar-refractivity contribution is -0.143. The van der Waals surface area contributed by atoms with Crippen molar-refractivity contribution < 1.29 is 24.5 Å². The van der Waals surface area contributed by atoms with Gasteiger partial charge >= 0.3 is 5.97 Å². The second kappa shape index (κ2) is 49.7. The lowest BCUT2D eigenvalue weighted by Crippen LogP contribution is -2.45. The van der Waals surface area contributed by atoms with Crippen LogP contribution in [0, 0.1) is 0 Å². The Morgan fingerprint density at radius 3 is 1.27 bits per heavy atom. The summed E-state index contributed by atoms with van der Waals surface area (Å²) in [6.07, 6.45) is 60.3. The molecule has 0 aromatic carbocycles. The molecule has 1 amide bonds. The van der Waals surface area contributed by atoms with E-state index in [1.165, 1.54) is 193 Å². The van der Waals surface area contributed by atoms with Gasteiger partial charge in [0.05, 0.1) is 25.4 Å². The molecule has 0 aliphatic carbocycles. The van der Waals surface area contributed by atoms with E-state index in [4.69, 9.17) is 4.74 Å². The standard InChI is InChI=1S/C54H101NO5/c1-3-5-7-9-11-13-15-28-32-36-40-44-48-54(59)60-49-45-41-37-33-29-26-24-22-20-18-16-17-19-21-23-25-27-31-35-39-43-47-53(58)55-51(50-56)52(57)46-42-38-34-30-14-12-10-8-6-4-2/h26,29,37,41-42,46,51-52,56-57H,3-25,27-28,30-36,38-40,43-45,47-50H2,1-2H3,(H,55,58)/b29-26-,41-37-,46-42+. The monoisotopic (exact) mass is 844 g/mol. The van der Waals surface area contributed by atoms with Gasteiger partial charge in [-0.15, -0.1) is 0 Å². The van der Waals surface area contributed by atoms with Crippen LogP contribution in [0.4, 0.5) is 0 Å². The van der Waals surface area contributed by atoms with E-state index in [2.05, 4.69) is 43.5 Å². The quantitative estimate of drug-likeness (QED) is 0.0322. The van der Waals surface area contributed by atoms with Gasteiger partial charge in [-0.1, -0.05) is 243 Å². The van der Waals surface area contributed by atoms with Crippen LogP contribution in [0.15, 0.2) is 36.5 Å². The second-order valence-corrected chi connectivity index (χ2v) is 17.9. The third-order valence-corrected chi connectivity index (χ3v) is 11.9. The van der Waals surface area contributed by atoms with Gasteiger partial charge in [0, 0.05) is 12.8 Å². The van der Waals surface area contributed by atoms with E-state index in [1.54, 1.807) is 6.08 Å². The molecule has 0 aromatic rings. The fourth-order valence-electron chi connectivity index (χ4n) is 7.88. The zero-order chi connectivity index (χ0) is 43.7. The molecule has 0 bridgehead atoms. The number of esters is 1. The Kier molecular flexibility index (Phi) is 48.1. The van der Waals surface area contributed by atoms with Crippen LogP contribution in [0.2, 0.25) is 0 Å². The van der Waals surface area contributed by atoms with Crippen molar-refractivity contribution in [1.82, 2.24) is 5.32 Å². The molecule has 0 aromatic heterocycles. The normalized spacial score (nSPS) is 12.9. The molecule has 0 radical (unpaired) electrons. The number of nitrogens with one attached hydrogen (secondary N) is 1. The Morgan fingerprint density at radius 1 is 0.467 bits per heavy atom. The molecule has 0 aliphatic heterocycles. The van der Waals surface area contributed by atoms with Crippen molar-refractivity contribution in [2.24, 2.45) is 0 Å². The van der Waals surface area contributed by atoms with Crippen molar-refractivity contribution >= 4 is 11.9 Å². The highest BCUT2D eigenvalue weighted by Gasteiger charge is 2.18. The molecule has 6 nitrogen and oxygen atoms in total. The SMILES string of the molecule is CCCCCCCCCC/C=C/C(O)C(CO)NC(=O)CCCCCCCCCCCCCCCC/C=C\C/C=C\CCOC(=O)CCCCCCCCCCCCCC. The van der Waals surface area contributed by atoms with Gasteiger partial charge in [0.2, 0.25) is 5.91 Å². The molecule has 0 aliphatic rings. The first-order chi connectivity index (χ1) is 29.5. The summed E-state index contributed by atoms with van der Waals surface area (Å²) < 4.78 is 5.40. The Labute approximate surface area is 373 Å². The largest absolute Gasteiger partial charge is 0.465 e. The Bertz CT molecular complexity index is 977. The number of hydrogen-bond acceptors (Lipinski definition) is 5. The van der Waals surface area contributed by atoms with Crippen LogP contribution < -0.4 is 5.32 Å². The van der Waals surface area contributed by atoms with Gasteiger partial charge in [0.25, 0.3) is 0 Å². The lowest BCUT2D eigenvalue weighted by Gasteiger charge is -2.20. The van der Waals surface area contributed by atoms with Gasteiger partial charge < -0.3 is 20.3 Å². The van der Waals surface area contributed by atoms with Gasteiger partial charge in [0.1, 0.15) is 0 Å². The molecule has 60 heavy (non-hydrogen) atoms. The van der Waals surface area contributed by atoms with E-state index in [0.717, 1.165) is 51.4 Å². The minimum Gasteiger partial charge on any atom is -0.465 e. The molecule has 2 unspecified atom stereocenters. The van der Waals surface area contributed by atoms with Gasteiger partial charge in [-0.25, -0.2) is 0 Å². The fraction of sp³-hybridized carbons (Fsp3) is 0.852. The molecule has 0 fully saturated rings. The summed E-state index contributed by atoms with van der Waals surface area (Å²) in [5.74, 6) is -0.111. The van der Waals surface area contributed by atoms with E-state index in [9.17, 15) is 19.8 Å². The third kappa shape index (κ3) is 45.6. The molecule has 3 N–H and O–H groups in total. The van der Waals surface area contributed by atoms with Crippen molar-refractivity contribution in [1.29, 1.82) is 0 Å². The Balaban J connectivity index is 3.46. The van der Waals surface area contributed by atoms with Gasteiger partial charge in [0.15, 0.2) is 0 Å². The lowest BCUT2D eigenvalue weighted by atomic mass is 10.0. The molecule has 0 rings (SSSR count). The average molecular weight is 844 g/mol.